The van der Waals surface area contributed by atoms with Crippen molar-refractivity contribution in [3.63, 3.8) is 0 Å². The molecule has 0 spiro atoms. The van der Waals surface area contributed by atoms with Crippen LogP contribution in [0.1, 0.15) is 31.9 Å². The topological polar surface area (TPSA) is 29.9 Å². The molecule has 0 aliphatic carbocycles. The molecule has 0 bridgehead atoms. The second kappa shape index (κ2) is 5.67. The molecule has 96 valence electrons. The zero-order valence-electron chi connectivity index (χ0n) is 10.7. The number of benzene rings is 1. The number of anilines is 1. The number of imidazole rings is 1. The van der Waals surface area contributed by atoms with Gasteiger partial charge in [-0.3, -0.25) is 0 Å². The molecule has 1 N–H and O–H groups in total. The molecule has 1 unspecified atom stereocenters. The lowest BCUT2D eigenvalue weighted by atomic mass is 10.1. The van der Waals surface area contributed by atoms with E-state index in [1.54, 1.807) is 18.3 Å². The molecule has 0 radical (unpaired) electrons. The van der Waals surface area contributed by atoms with Crippen molar-refractivity contribution in [1.82, 2.24) is 9.55 Å². The van der Waals surface area contributed by atoms with Crippen molar-refractivity contribution in [2.45, 2.75) is 26.3 Å². The Hall–Kier alpha value is -1.84. The van der Waals surface area contributed by atoms with E-state index in [1.165, 1.54) is 6.07 Å². The van der Waals surface area contributed by atoms with Gasteiger partial charge in [-0.05, 0) is 31.0 Å². The fourth-order valence-corrected chi connectivity index (χ4v) is 1.93. The van der Waals surface area contributed by atoms with Gasteiger partial charge in [0.1, 0.15) is 5.82 Å². The van der Waals surface area contributed by atoms with Crippen LogP contribution in [0.2, 0.25) is 0 Å². The third-order valence-electron chi connectivity index (χ3n) is 2.95. The van der Waals surface area contributed by atoms with Crippen LogP contribution in [0, 0.1) is 5.82 Å². The highest BCUT2D eigenvalue weighted by molar-refractivity contribution is 5.30. The Morgan fingerprint density at radius 3 is 3.00 bits per heavy atom. The molecule has 1 aromatic carbocycles. The van der Waals surface area contributed by atoms with Crippen LogP contribution in [0.3, 0.4) is 0 Å². The number of nitrogens with one attached hydrogen (secondary N) is 1. The molecule has 1 aromatic heterocycles. The predicted octanol–water partition coefficient (Wildman–Crippen LogP) is 3.45. The van der Waals surface area contributed by atoms with Crippen LogP contribution >= 0.6 is 0 Å². The van der Waals surface area contributed by atoms with E-state index in [2.05, 4.69) is 17.2 Å². The summed E-state index contributed by atoms with van der Waals surface area (Å²) in [6.07, 6.45) is 4.71. The van der Waals surface area contributed by atoms with Gasteiger partial charge in [0.25, 0.3) is 0 Å². The SMILES string of the molecule is CCCNc1nccn1C(C)c1cccc(F)c1. The lowest BCUT2D eigenvalue weighted by Gasteiger charge is -2.17. The maximum atomic E-state index is 13.2. The van der Waals surface area contributed by atoms with Gasteiger partial charge < -0.3 is 9.88 Å². The average molecular weight is 247 g/mol. The molecule has 18 heavy (non-hydrogen) atoms. The Morgan fingerprint density at radius 1 is 1.44 bits per heavy atom. The summed E-state index contributed by atoms with van der Waals surface area (Å²) < 4.78 is 15.3. The molecule has 4 heteroatoms. The van der Waals surface area contributed by atoms with E-state index in [9.17, 15) is 4.39 Å². The highest BCUT2D eigenvalue weighted by atomic mass is 19.1. The largest absolute Gasteiger partial charge is 0.356 e. The van der Waals surface area contributed by atoms with Crippen LogP contribution in [0.5, 0.6) is 0 Å². The van der Waals surface area contributed by atoms with Crippen LogP contribution in [0.25, 0.3) is 0 Å². The van der Waals surface area contributed by atoms with Crippen molar-refractivity contribution in [3.8, 4) is 0 Å². The number of rotatable bonds is 5. The van der Waals surface area contributed by atoms with Crippen molar-refractivity contribution in [1.29, 1.82) is 0 Å². The Morgan fingerprint density at radius 2 is 2.28 bits per heavy atom. The summed E-state index contributed by atoms with van der Waals surface area (Å²) >= 11 is 0. The van der Waals surface area contributed by atoms with Crippen LogP contribution < -0.4 is 5.32 Å². The quantitative estimate of drug-likeness (QED) is 0.877. The normalized spacial score (nSPS) is 12.4. The first-order valence-electron chi connectivity index (χ1n) is 6.24. The van der Waals surface area contributed by atoms with Gasteiger partial charge in [-0.25, -0.2) is 9.37 Å². The monoisotopic (exact) mass is 247 g/mol. The van der Waals surface area contributed by atoms with E-state index in [0.29, 0.717) is 0 Å². The van der Waals surface area contributed by atoms with Crippen LogP contribution in [-0.4, -0.2) is 16.1 Å². The van der Waals surface area contributed by atoms with Gasteiger partial charge in [-0.1, -0.05) is 19.1 Å². The Labute approximate surface area is 107 Å². The second-order valence-corrected chi connectivity index (χ2v) is 4.32. The van der Waals surface area contributed by atoms with Crippen LogP contribution in [0.4, 0.5) is 10.3 Å². The Bertz CT molecular complexity index is 507. The molecule has 0 aliphatic rings. The van der Waals surface area contributed by atoms with Gasteiger partial charge in [0, 0.05) is 18.9 Å². The van der Waals surface area contributed by atoms with Gasteiger partial charge in [-0.2, -0.15) is 0 Å². The fraction of sp³-hybridized carbons (Fsp3) is 0.357. The number of aromatic nitrogens is 2. The first-order chi connectivity index (χ1) is 8.72. The van der Waals surface area contributed by atoms with Crippen molar-refractivity contribution in [3.05, 3.63) is 48.0 Å². The molecule has 0 saturated heterocycles. The summed E-state index contributed by atoms with van der Waals surface area (Å²) in [5, 5.41) is 3.27. The predicted molar refractivity (Wildman–Crippen MR) is 71.2 cm³/mol. The minimum Gasteiger partial charge on any atom is -0.356 e. The molecule has 0 amide bonds. The fourth-order valence-electron chi connectivity index (χ4n) is 1.93. The van der Waals surface area contributed by atoms with E-state index in [1.807, 2.05) is 23.8 Å². The molecule has 0 saturated carbocycles. The molecule has 2 aromatic rings. The van der Waals surface area contributed by atoms with Crippen LogP contribution in [0.15, 0.2) is 36.7 Å². The first-order valence-corrected chi connectivity index (χ1v) is 6.24. The van der Waals surface area contributed by atoms with E-state index < -0.39 is 0 Å². The van der Waals surface area contributed by atoms with Crippen molar-refractivity contribution in [2.24, 2.45) is 0 Å². The maximum Gasteiger partial charge on any atom is 0.203 e. The second-order valence-electron chi connectivity index (χ2n) is 4.32. The molecule has 3 nitrogen and oxygen atoms in total. The third-order valence-corrected chi connectivity index (χ3v) is 2.95. The van der Waals surface area contributed by atoms with Gasteiger partial charge in [0.2, 0.25) is 5.95 Å². The molecule has 2 rings (SSSR count). The first kappa shape index (κ1) is 12.6. The summed E-state index contributed by atoms with van der Waals surface area (Å²) in [6.45, 7) is 5.02. The lowest BCUT2D eigenvalue weighted by molar-refractivity contribution is 0.606. The van der Waals surface area contributed by atoms with Gasteiger partial charge in [0.15, 0.2) is 0 Å². The minimum absolute atomic E-state index is 0.0579. The van der Waals surface area contributed by atoms with Crippen molar-refractivity contribution in [2.75, 3.05) is 11.9 Å². The summed E-state index contributed by atoms with van der Waals surface area (Å²) in [5.41, 5.74) is 0.938. The molecule has 1 heterocycles. The van der Waals surface area contributed by atoms with Crippen LogP contribution in [-0.2, 0) is 0 Å². The summed E-state index contributed by atoms with van der Waals surface area (Å²) in [6, 6.07) is 6.74. The summed E-state index contributed by atoms with van der Waals surface area (Å²) in [7, 11) is 0. The lowest BCUT2D eigenvalue weighted by Crippen LogP contribution is -2.12. The molecule has 0 fully saturated rings. The van der Waals surface area contributed by atoms with Crippen molar-refractivity contribution < 1.29 is 4.39 Å². The number of nitrogens with zero attached hydrogens (tertiary/aromatic N) is 2. The highest BCUT2D eigenvalue weighted by Crippen LogP contribution is 2.22. The third kappa shape index (κ3) is 2.70. The van der Waals surface area contributed by atoms with Gasteiger partial charge in [0.05, 0.1) is 6.04 Å². The van der Waals surface area contributed by atoms with Gasteiger partial charge >= 0.3 is 0 Å². The standard InChI is InChI=1S/C14H18FN3/c1-3-7-16-14-17-8-9-18(14)11(2)12-5-4-6-13(15)10-12/h4-6,8-11H,3,7H2,1-2H3,(H,16,17). The Balaban J connectivity index is 2.23. The number of halogens is 1. The average Bonchev–Trinajstić information content (AvgIpc) is 2.83. The molecule has 0 aliphatic heterocycles. The van der Waals surface area contributed by atoms with E-state index in [0.717, 1.165) is 24.5 Å². The zero-order chi connectivity index (χ0) is 13.0. The van der Waals surface area contributed by atoms with E-state index >= 15 is 0 Å². The highest BCUT2D eigenvalue weighted by Gasteiger charge is 2.12. The molecular weight excluding hydrogens is 229 g/mol. The number of hydrogen-bond acceptors (Lipinski definition) is 2. The summed E-state index contributed by atoms with van der Waals surface area (Å²) in [5.74, 6) is 0.621. The Kier molecular flexibility index (Phi) is 3.97. The smallest absolute Gasteiger partial charge is 0.203 e. The molecule has 1 atom stereocenters. The van der Waals surface area contributed by atoms with Gasteiger partial charge in [-0.15, -0.1) is 0 Å². The van der Waals surface area contributed by atoms with E-state index in [-0.39, 0.29) is 11.9 Å². The molecular formula is C14H18FN3. The zero-order valence-corrected chi connectivity index (χ0v) is 10.7. The van der Waals surface area contributed by atoms with E-state index in [4.69, 9.17) is 0 Å². The van der Waals surface area contributed by atoms with Crippen molar-refractivity contribution >= 4 is 5.95 Å². The number of hydrogen-bond donors (Lipinski definition) is 1. The maximum absolute atomic E-state index is 13.2. The summed E-state index contributed by atoms with van der Waals surface area (Å²) in [4.78, 5) is 4.28. The minimum atomic E-state index is -0.206.